The molecule has 1 fully saturated rings. The van der Waals surface area contributed by atoms with Crippen molar-refractivity contribution in [2.75, 3.05) is 12.3 Å². The summed E-state index contributed by atoms with van der Waals surface area (Å²) in [4.78, 5) is 12.7. The maximum atomic E-state index is 12.3. The largest absolute Gasteiger partial charge is 0.348 e. The minimum atomic E-state index is -3.20. The van der Waals surface area contributed by atoms with Crippen molar-refractivity contribution in [3.8, 4) is 0 Å². The summed E-state index contributed by atoms with van der Waals surface area (Å²) in [5.41, 5.74) is 0.716. The molecule has 2 unspecified atom stereocenters. The van der Waals surface area contributed by atoms with Crippen LogP contribution in [0.4, 0.5) is 0 Å². The molecular formula is C15H20N2O3S. The first kappa shape index (κ1) is 14.5. The number of sulfone groups is 1. The van der Waals surface area contributed by atoms with Gasteiger partial charge in [0.05, 0.1) is 22.7 Å². The molecule has 2 aliphatic rings. The molecule has 0 saturated carbocycles. The van der Waals surface area contributed by atoms with E-state index in [4.69, 9.17) is 0 Å². The minimum Gasteiger partial charge on any atom is -0.348 e. The molecule has 2 atom stereocenters. The third kappa shape index (κ3) is 2.96. The third-order valence-electron chi connectivity index (χ3n) is 4.25. The normalized spacial score (nSPS) is 27.6. The maximum Gasteiger partial charge on any atom is 0.237 e. The highest BCUT2D eigenvalue weighted by Gasteiger charge is 2.32. The summed E-state index contributed by atoms with van der Waals surface area (Å²) in [6.07, 6.45) is 3.45. The average Bonchev–Trinajstić information content (AvgIpc) is 2.51. The fourth-order valence-electron chi connectivity index (χ4n) is 3.09. The van der Waals surface area contributed by atoms with E-state index >= 15 is 0 Å². The van der Waals surface area contributed by atoms with Crippen molar-refractivity contribution in [1.82, 2.24) is 10.6 Å². The molecule has 0 aliphatic carbocycles. The Balaban J connectivity index is 1.79. The van der Waals surface area contributed by atoms with E-state index in [-0.39, 0.29) is 23.7 Å². The first-order chi connectivity index (χ1) is 10.1. The number of carbonyl (C=O) groups is 1. The molecule has 2 heterocycles. The number of amides is 1. The molecule has 0 bridgehead atoms. The molecule has 3 rings (SSSR count). The molecule has 114 valence electrons. The SMILES string of the molecule is O=C(NC1CCS(=O)(=O)c2ccccc21)C1CCCCN1. The molecule has 0 radical (unpaired) electrons. The lowest BCUT2D eigenvalue weighted by Crippen LogP contribution is -2.48. The summed E-state index contributed by atoms with van der Waals surface area (Å²) in [7, 11) is -3.20. The van der Waals surface area contributed by atoms with Crippen LogP contribution in [-0.4, -0.2) is 32.7 Å². The van der Waals surface area contributed by atoms with E-state index in [0.717, 1.165) is 25.8 Å². The van der Waals surface area contributed by atoms with Gasteiger partial charge in [0.2, 0.25) is 5.91 Å². The summed E-state index contributed by atoms with van der Waals surface area (Å²) in [5.74, 6) is 0.0707. The summed E-state index contributed by atoms with van der Waals surface area (Å²) in [6.45, 7) is 0.869. The Labute approximate surface area is 125 Å². The van der Waals surface area contributed by atoms with Crippen molar-refractivity contribution in [2.24, 2.45) is 0 Å². The highest BCUT2D eigenvalue weighted by atomic mass is 32.2. The Bertz CT molecular complexity index is 636. The topological polar surface area (TPSA) is 75.3 Å². The maximum absolute atomic E-state index is 12.3. The van der Waals surface area contributed by atoms with Gasteiger partial charge in [-0.3, -0.25) is 4.79 Å². The monoisotopic (exact) mass is 308 g/mol. The number of carbonyl (C=O) groups excluding carboxylic acids is 1. The van der Waals surface area contributed by atoms with Crippen molar-refractivity contribution in [2.45, 2.75) is 42.7 Å². The van der Waals surface area contributed by atoms with Crippen LogP contribution in [0.25, 0.3) is 0 Å². The zero-order chi connectivity index (χ0) is 14.9. The highest BCUT2D eigenvalue weighted by Crippen LogP contribution is 2.32. The van der Waals surface area contributed by atoms with E-state index in [2.05, 4.69) is 10.6 Å². The Hall–Kier alpha value is -1.40. The lowest BCUT2D eigenvalue weighted by atomic mass is 10.0. The highest BCUT2D eigenvalue weighted by molar-refractivity contribution is 7.91. The van der Waals surface area contributed by atoms with Crippen LogP contribution in [-0.2, 0) is 14.6 Å². The van der Waals surface area contributed by atoms with Crippen LogP contribution >= 0.6 is 0 Å². The number of piperidine rings is 1. The fraction of sp³-hybridized carbons (Fsp3) is 0.533. The van der Waals surface area contributed by atoms with Gasteiger partial charge in [0.1, 0.15) is 0 Å². The lowest BCUT2D eigenvalue weighted by molar-refractivity contribution is -0.124. The molecule has 1 saturated heterocycles. The van der Waals surface area contributed by atoms with Crippen molar-refractivity contribution < 1.29 is 13.2 Å². The Morgan fingerprint density at radius 1 is 1.19 bits per heavy atom. The van der Waals surface area contributed by atoms with Crippen LogP contribution in [0, 0.1) is 0 Å². The molecule has 1 aromatic rings. The standard InChI is InChI=1S/C15H20N2O3S/c18-15(13-6-3-4-9-16-13)17-12-8-10-21(19,20)14-7-2-1-5-11(12)14/h1-2,5,7,12-13,16H,3-4,6,8-10H2,(H,17,18). The molecule has 5 nitrogen and oxygen atoms in total. The summed E-state index contributed by atoms with van der Waals surface area (Å²) >= 11 is 0. The van der Waals surface area contributed by atoms with Crippen molar-refractivity contribution >= 4 is 15.7 Å². The van der Waals surface area contributed by atoms with Gasteiger partial charge in [-0.15, -0.1) is 0 Å². The average molecular weight is 308 g/mol. The zero-order valence-electron chi connectivity index (χ0n) is 11.8. The van der Waals surface area contributed by atoms with Gasteiger partial charge < -0.3 is 10.6 Å². The number of fused-ring (bicyclic) bond motifs is 1. The van der Waals surface area contributed by atoms with Gasteiger partial charge in [0.15, 0.2) is 9.84 Å². The van der Waals surface area contributed by atoms with Gasteiger partial charge >= 0.3 is 0 Å². The molecule has 21 heavy (non-hydrogen) atoms. The van der Waals surface area contributed by atoms with E-state index in [9.17, 15) is 13.2 Å². The molecule has 6 heteroatoms. The molecule has 1 amide bonds. The van der Waals surface area contributed by atoms with Crippen LogP contribution in [0.2, 0.25) is 0 Å². The number of benzene rings is 1. The summed E-state index contributed by atoms with van der Waals surface area (Å²) in [6, 6.07) is 6.61. The number of hydrogen-bond acceptors (Lipinski definition) is 4. The minimum absolute atomic E-state index is 0.0196. The van der Waals surface area contributed by atoms with Crippen LogP contribution in [0.1, 0.15) is 37.3 Å². The second-order valence-corrected chi connectivity index (χ2v) is 7.79. The van der Waals surface area contributed by atoms with E-state index in [0.29, 0.717) is 16.9 Å². The second kappa shape index (κ2) is 5.77. The van der Waals surface area contributed by atoms with E-state index in [1.807, 2.05) is 6.07 Å². The van der Waals surface area contributed by atoms with E-state index in [1.165, 1.54) is 0 Å². The predicted molar refractivity (Wildman–Crippen MR) is 79.6 cm³/mol. The van der Waals surface area contributed by atoms with Crippen LogP contribution in [0.3, 0.4) is 0 Å². The summed E-state index contributed by atoms with van der Waals surface area (Å²) < 4.78 is 24.2. The van der Waals surface area contributed by atoms with Crippen LogP contribution in [0.5, 0.6) is 0 Å². The van der Waals surface area contributed by atoms with Gasteiger partial charge in [-0.25, -0.2) is 8.42 Å². The van der Waals surface area contributed by atoms with Gasteiger partial charge in [0.25, 0.3) is 0 Å². The molecule has 2 N–H and O–H groups in total. The van der Waals surface area contributed by atoms with Gasteiger partial charge in [0, 0.05) is 0 Å². The number of nitrogens with one attached hydrogen (secondary N) is 2. The van der Waals surface area contributed by atoms with Gasteiger partial charge in [-0.2, -0.15) is 0 Å². The molecule has 0 spiro atoms. The first-order valence-electron chi connectivity index (χ1n) is 7.43. The lowest BCUT2D eigenvalue weighted by Gasteiger charge is -2.29. The quantitative estimate of drug-likeness (QED) is 0.860. The zero-order valence-corrected chi connectivity index (χ0v) is 12.7. The second-order valence-electron chi connectivity index (χ2n) is 5.71. The van der Waals surface area contributed by atoms with Crippen LogP contribution in [0.15, 0.2) is 29.2 Å². The van der Waals surface area contributed by atoms with Crippen molar-refractivity contribution in [3.05, 3.63) is 29.8 Å². The Kier molecular flexibility index (Phi) is 3.99. The van der Waals surface area contributed by atoms with Gasteiger partial charge in [-0.1, -0.05) is 24.6 Å². The Morgan fingerprint density at radius 3 is 2.76 bits per heavy atom. The summed E-state index contributed by atoms with van der Waals surface area (Å²) in [5, 5.41) is 6.24. The van der Waals surface area contributed by atoms with E-state index in [1.54, 1.807) is 18.2 Å². The molecular weight excluding hydrogens is 288 g/mol. The van der Waals surface area contributed by atoms with Crippen molar-refractivity contribution in [3.63, 3.8) is 0 Å². The third-order valence-corrected chi connectivity index (χ3v) is 6.06. The predicted octanol–water partition coefficient (Wildman–Crippen LogP) is 1.16. The first-order valence-corrected chi connectivity index (χ1v) is 9.08. The van der Waals surface area contributed by atoms with Crippen LogP contribution < -0.4 is 10.6 Å². The fourth-order valence-corrected chi connectivity index (χ4v) is 4.71. The van der Waals surface area contributed by atoms with Crippen molar-refractivity contribution in [1.29, 1.82) is 0 Å². The number of rotatable bonds is 2. The molecule has 2 aliphatic heterocycles. The van der Waals surface area contributed by atoms with Gasteiger partial charge in [-0.05, 0) is 37.4 Å². The number of hydrogen-bond donors (Lipinski definition) is 2. The Morgan fingerprint density at radius 2 is 2.00 bits per heavy atom. The molecule has 0 aromatic heterocycles. The van der Waals surface area contributed by atoms with E-state index < -0.39 is 9.84 Å². The molecule has 1 aromatic carbocycles. The smallest absolute Gasteiger partial charge is 0.237 e.